The number of benzene rings is 2. The lowest BCUT2D eigenvalue weighted by molar-refractivity contribution is -0.141. The summed E-state index contributed by atoms with van der Waals surface area (Å²) in [5.74, 6) is 0.113. The summed E-state index contributed by atoms with van der Waals surface area (Å²) >= 11 is 6.34. The maximum Gasteiger partial charge on any atom is 0.433 e. The number of aromatic nitrogens is 1. The first kappa shape index (κ1) is 23.9. The van der Waals surface area contributed by atoms with Crippen molar-refractivity contribution in [3.05, 3.63) is 70.5 Å². The standard InChI is InChI=1S/C23H17ClF3N3O3/c1-30(18-6-4-5-7-19(18)32-2)22(31)15-9-14(17(24)10-20(15)33-3)16-12-29-21(23(25,26)27)8-13(16)11-28/h4-10,12H,1-3H3. The van der Waals surface area contributed by atoms with E-state index in [1.807, 2.05) is 0 Å². The molecule has 1 heterocycles. The van der Waals surface area contributed by atoms with Gasteiger partial charge in [-0.05, 0) is 24.3 Å². The van der Waals surface area contributed by atoms with E-state index in [9.17, 15) is 23.2 Å². The fourth-order valence-corrected chi connectivity index (χ4v) is 3.47. The Bertz CT molecular complexity index is 1260. The lowest BCUT2D eigenvalue weighted by atomic mass is 9.98. The second-order valence-electron chi connectivity index (χ2n) is 6.79. The number of alkyl halides is 3. The van der Waals surface area contributed by atoms with Gasteiger partial charge >= 0.3 is 6.18 Å². The summed E-state index contributed by atoms with van der Waals surface area (Å²) in [6, 6.07) is 12.0. The number of amides is 1. The molecule has 0 bridgehead atoms. The van der Waals surface area contributed by atoms with Crippen LogP contribution in [0.3, 0.4) is 0 Å². The van der Waals surface area contributed by atoms with E-state index in [-0.39, 0.29) is 33.0 Å². The summed E-state index contributed by atoms with van der Waals surface area (Å²) in [4.78, 5) is 18.1. The van der Waals surface area contributed by atoms with Gasteiger partial charge in [-0.3, -0.25) is 9.78 Å². The number of hydrogen-bond acceptors (Lipinski definition) is 5. The molecule has 2 aromatic carbocycles. The zero-order valence-corrected chi connectivity index (χ0v) is 18.5. The van der Waals surface area contributed by atoms with Crippen LogP contribution in [0.2, 0.25) is 5.02 Å². The Labute approximate surface area is 192 Å². The molecule has 10 heteroatoms. The Kier molecular flexibility index (Phi) is 6.79. The number of anilines is 1. The van der Waals surface area contributed by atoms with Crippen molar-refractivity contribution >= 4 is 23.2 Å². The maximum absolute atomic E-state index is 13.3. The summed E-state index contributed by atoms with van der Waals surface area (Å²) in [7, 11) is 4.36. The number of carbonyl (C=O) groups excluding carboxylic acids is 1. The SMILES string of the molecule is COc1cc(Cl)c(-c2cnc(C(F)(F)F)cc2C#N)cc1C(=O)N(C)c1ccccc1OC. The van der Waals surface area contributed by atoms with E-state index in [0.717, 1.165) is 6.20 Å². The highest BCUT2D eigenvalue weighted by Gasteiger charge is 2.33. The normalized spacial score (nSPS) is 11.0. The lowest BCUT2D eigenvalue weighted by Gasteiger charge is -2.22. The number of ether oxygens (including phenoxy) is 2. The van der Waals surface area contributed by atoms with Crippen LogP contribution in [0.1, 0.15) is 21.6 Å². The van der Waals surface area contributed by atoms with Crippen LogP contribution in [0.15, 0.2) is 48.7 Å². The third-order valence-electron chi connectivity index (χ3n) is 4.88. The monoisotopic (exact) mass is 475 g/mol. The molecule has 0 saturated carbocycles. The topological polar surface area (TPSA) is 75.5 Å². The molecule has 0 unspecified atom stereocenters. The van der Waals surface area contributed by atoms with Crippen LogP contribution < -0.4 is 14.4 Å². The molecule has 3 aromatic rings. The molecule has 0 saturated heterocycles. The van der Waals surface area contributed by atoms with E-state index < -0.39 is 17.8 Å². The summed E-state index contributed by atoms with van der Waals surface area (Å²) in [5.41, 5.74) is -0.730. The van der Waals surface area contributed by atoms with Crippen LogP contribution in [-0.4, -0.2) is 32.2 Å². The molecule has 0 fully saturated rings. The first-order valence-corrected chi connectivity index (χ1v) is 9.76. The smallest absolute Gasteiger partial charge is 0.433 e. The number of pyridine rings is 1. The number of nitriles is 1. The minimum atomic E-state index is -4.72. The Morgan fingerprint density at radius 1 is 1.09 bits per heavy atom. The molecule has 1 amide bonds. The van der Waals surface area contributed by atoms with Gasteiger partial charge in [0.2, 0.25) is 0 Å². The predicted molar refractivity (Wildman–Crippen MR) is 117 cm³/mol. The van der Waals surface area contributed by atoms with Gasteiger partial charge in [-0.2, -0.15) is 18.4 Å². The molecule has 0 aliphatic rings. The third-order valence-corrected chi connectivity index (χ3v) is 5.19. The van der Waals surface area contributed by atoms with E-state index in [0.29, 0.717) is 17.5 Å². The molecular formula is C23H17ClF3N3O3. The Balaban J connectivity index is 2.15. The highest BCUT2D eigenvalue weighted by atomic mass is 35.5. The molecule has 170 valence electrons. The molecule has 0 radical (unpaired) electrons. The van der Waals surface area contributed by atoms with Crippen LogP contribution in [0, 0.1) is 11.3 Å². The largest absolute Gasteiger partial charge is 0.496 e. The van der Waals surface area contributed by atoms with E-state index in [1.54, 1.807) is 30.3 Å². The van der Waals surface area contributed by atoms with Crippen molar-refractivity contribution in [2.75, 3.05) is 26.2 Å². The molecule has 1 aromatic heterocycles. The van der Waals surface area contributed by atoms with Gasteiger partial charge in [-0.1, -0.05) is 23.7 Å². The second-order valence-corrected chi connectivity index (χ2v) is 7.20. The highest BCUT2D eigenvalue weighted by molar-refractivity contribution is 6.34. The Morgan fingerprint density at radius 3 is 2.36 bits per heavy atom. The van der Waals surface area contributed by atoms with Gasteiger partial charge < -0.3 is 14.4 Å². The van der Waals surface area contributed by atoms with Crippen LogP contribution >= 0.6 is 11.6 Å². The number of halogens is 4. The first-order valence-electron chi connectivity index (χ1n) is 9.38. The predicted octanol–water partition coefficient (Wildman–Crippen LogP) is 5.59. The minimum Gasteiger partial charge on any atom is -0.496 e. The van der Waals surface area contributed by atoms with Gasteiger partial charge in [0.05, 0.1) is 42.1 Å². The van der Waals surface area contributed by atoms with E-state index in [4.69, 9.17) is 21.1 Å². The Hall–Kier alpha value is -3.77. The molecule has 0 N–H and O–H groups in total. The number of nitrogens with zero attached hydrogens (tertiary/aromatic N) is 3. The van der Waals surface area contributed by atoms with E-state index >= 15 is 0 Å². The average molecular weight is 476 g/mol. The summed E-state index contributed by atoms with van der Waals surface area (Å²) in [5, 5.41) is 9.50. The number of carbonyl (C=O) groups is 1. The van der Waals surface area contributed by atoms with Crippen molar-refractivity contribution in [2.45, 2.75) is 6.18 Å². The van der Waals surface area contributed by atoms with Crippen LogP contribution in [0.25, 0.3) is 11.1 Å². The summed E-state index contributed by atoms with van der Waals surface area (Å²) < 4.78 is 49.7. The number of para-hydroxylation sites is 2. The first-order chi connectivity index (χ1) is 15.6. The summed E-state index contributed by atoms with van der Waals surface area (Å²) in [6.45, 7) is 0. The van der Waals surface area contributed by atoms with E-state index in [2.05, 4.69) is 4.98 Å². The van der Waals surface area contributed by atoms with Crippen molar-refractivity contribution in [3.8, 4) is 28.7 Å². The second kappa shape index (κ2) is 9.38. The number of methoxy groups -OCH3 is 2. The van der Waals surface area contributed by atoms with Crippen molar-refractivity contribution in [2.24, 2.45) is 0 Å². The number of hydrogen-bond donors (Lipinski definition) is 0. The fraction of sp³-hybridized carbons (Fsp3) is 0.174. The van der Waals surface area contributed by atoms with Crippen LogP contribution in [0.5, 0.6) is 11.5 Å². The average Bonchev–Trinajstić information content (AvgIpc) is 2.81. The molecule has 6 nitrogen and oxygen atoms in total. The molecule has 0 atom stereocenters. The highest BCUT2D eigenvalue weighted by Crippen LogP contribution is 2.38. The Morgan fingerprint density at radius 2 is 1.76 bits per heavy atom. The van der Waals surface area contributed by atoms with Gasteiger partial charge in [-0.25, -0.2) is 0 Å². The van der Waals surface area contributed by atoms with Gasteiger partial charge in [0.25, 0.3) is 5.91 Å². The van der Waals surface area contributed by atoms with Gasteiger partial charge in [0.15, 0.2) is 0 Å². The fourth-order valence-electron chi connectivity index (χ4n) is 3.21. The minimum absolute atomic E-state index is 0.0483. The maximum atomic E-state index is 13.3. The lowest BCUT2D eigenvalue weighted by Crippen LogP contribution is -2.27. The molecule has 0 aliphatic carbocycles. The molecule has 3 rings (SSSR count). The van der Waals surface area contributed by atoms with Crippen molar-refractivity contribution in [1.29, 1.82) is 5.26 Å². The van der Waals surface area contributed by atoms with Crippen molar-refractivity contribution in [1.82, 2.24) is 4.98 Å². The van der Waals surface area contributed by atoms with Crippen molar-refractivity contribution < 1.29 is 27.4 Å². The summed E-state index contributed by atoms with van der Waals surface area (Å²) in [6.07, 6.45) is -3.81. The number of rotatable bonds is 5. The molecule has 33 heavy (non-hydrogen) atoms. The van der Waals surface area contributed by atoms with Gasteiger partial charge in [-0.15, -0.1) is 0 Å². The van der Waals surface area contributed by atoms with Crippen LogP contribution in [-0.2, 0) is 6.18 Å². The van der Waals surface area contributed by atoms with E-state index in [1.165, 1.54) is 38.3 Å². The van der Waals surface area contributed by atoms with Gasteiger partial charge in [0.1, 0.15) is 17.2 Å². The van der Waals surface area contributed by atoms with Crippen LogP contribution in [0.4, 0.5) is 18.9 Å². The van der Waals surface area contributed by atoms with Crippen molar-refractivity contribution in [3.63, 3.8) is 0 Å². The zero-order chi connectivity index (χ0) is 24.3. The zero-order valence-electron chi connectivity index (χ0n) is 17.7. The third kappa shape index (κ3) is 4.71. The quantitative estimate of drug-likeness (QED) is 0.481. The van der Waals surface area contributed by atoms with Gasteiger partial charge in [0, 0.05) is 30.4 Å². The molecule has 0 spiro atoms. The molecule has 0 aliphatic heterocycles. The molecular weight excluding hydrogens is 459 g/mol.